The summed E-state index contributed by atoms with van der Waals surface area (Å²) in [4.78, 5) is 2.59. The molecule has 0 aliphatic carbocycles. The zero-order valence-corrected chi connectivity index (χ0v) is 10.2. The summed E-state index contributed by atoms with van der Waals surface area (Å²) in [5, 5.41) is 0. The molecule has 82 valence electrons. The van der Waals surface area contributed by atoms with E-state index in [1.807, 2.05) is 0 Å². The lowest BCUT2D eigenvalue weighted by Crippen LogP contribution is -2.51. The van der Waals surface area contributed by atoms with Crippen molar-refractivity contribution in [3.05, 3.63) is 35.4 Å². The van der Waals surface area contributed by atoms with E-state index in [2.05, 4.69) is 56.9 Å². The van der Waals surface area contributed by atoms with Gasteiger partial charge in [-0.05, 0) is 45.2 Å². The van der Waals surface area contributed by atoms with Crippen LogP contribution in [0.25, 0.3) is 0 Å². The Morgan fingerprint density at radius 3 is 2.33 bits per heavy atom. The van der Waals surface area contributed by atoms with Gasteiger partial charge < -0.3 is 0 Å². The zero-order chi connectivity index (χ0) is 11.1. The second kappa shape index (κ2) is 3.64. The number of rotatable bonds is 1. The number of benzene rings is 1. The molecule has 0 radical (unpaired) electrons. The molecule has 0 spiro atoms. The monoisotopic (exact) mass is 203 g/mol. The molecule has 1 nitrogen and oxygen atoms in total. The van der Waals surface area contributed by atoms with Gasteiger partial charge in [0, 0.05) is 18.1 Å². The molecule has 2 rings (SSSR count). The summed E-state index contributed by atoms with van der Waals surface area (Å²) in [5.41, 5.74) is 3.33. The van der Waals surface area contributed by atoms with Gasteiger partial charge in [0.25, 0.3) is 0 Å². The minimum Gasteiger partial charge on any atom is -0.291 e. The van der Waals surface area contributed by atoms with E-state index in [9.17, 15) is 0 Å². The van der Waals surface area contributed by atoms with Crippen LogP contribution in [0.3, 0.4) is 0 Å². The van der Waals surface area contributed by atoms with Crippen LogP contribution in [0.1, 0.15) is 38.8 Å². The largest absolute Gasteiger partial charge is 0.291 e. The van der Waals surface area contributed by atoms with Crippen LogP contribution in [-0.2, 0) is 13.0 Å². The molecule has 1 aliphatic rings. The minimum atomic E-state index is 0.294. The van der Waals surface area contributed by atoms with E-state index in [4.69, 9.17) is 0 Å². The van der Waals surface area contributed by atoms with Crippen LogP contribution >= 0.6 is 0 Å². The van der Waals surface area contributed by atoms with Crippen molar-refractivity contribution in [2.75, 3.05) is 0 Å². The Morgan fingerprint density at radius 2 is 1.73 bits per heavy atom. The van der Waals surface area contributed by atoms with Crippen LogP contribution in [0.5, 0.6) is 0 Å². The fourth-order valence-electron chi connectivity index (χ4n) is 2.73. The van der Waals surface area contributed by atoms with E-state index in [1.54, 1.807) is 0 Å². The standard InChI is InChI=1S/C14H21N/c1-11(2)15-10-13-8-6-5-7-12(13)9-14(15,3)4/h5-8,11H,9-10H2,1-4H3. The van der Waals surface area contributed by atoms with Crippen molar-refractivity contribution in [1.29, 1.82) is 0 Å². The van der Waals surface area contributed by atoms with Crippen LogP contribution in [0.15, 0.2) is 24.3 Å². The van der Waals surface area contributed by atoms with Crippen molar-refractivity contribution in [3.63, 3.8) is 0 Å². The van der Waals surface area contributed by atoms with E-state index in [0.29, 0.717) is 11.6 Å². The molecule has 0 atom stereocenters. The molecule has 1 heterocycles. The van der Waals surface area contributed by atoms with Crippen LogP contribution < -0.4 is 0 Å². The highest BCUT2D eigenvalue weighted by Gasteiger charge is 2.33. The molecule has 0 amide bonds. The van der Waals surface area contributed by atoms with Gasteiger partial charge in [-0.1, -0.05) is 24.3 Å². The molecule has 1 aromatic rings. The van der Waals surface area contributed by atoms with Gasteiger partial charge in [-0.3, -0.25) is 4.90 Å². The maximum Gasteiger partial charge on any atom is 0.0244 e. The highest BCUT2D eigenvalue weighted by molar-refractivity contribution is 5.31. The van der Waals surface area contributed by atoms with Crippen molar-refractivity contribution in [3.8, 4) is 0 Å². The Labute approximate surface area is 93.1 Å². The third kappa shape index (κ3) is 1.93. The number of hydrogen-bond donors (Lipinski definition) is 0. The van der Waals surface area contributed by atoms with Crippen LogP contribution in [0.4, 0.5) is 0 Å². The summed E-state index contributed by atoms with van der Waals surface area (Å²) >= 11 is 0. The summed E-state index contributed by atoms with van der Waals surface area (Å²) in [7, 11) is 0. The van der Waals surface area contributed by atoms with E-state index in [1.165, 1.54) is 17.5 Å². The smallest absolute Gasteiger partial charge is 0.0244 e. The highest BCUT2D eigenvalue weighted by atomic mass is 15.2. The Bertz CT molecular complexity index is 352. The van der Waals surface area contributed by atoms with Gasteiger partial charge in [0.05, 0.1) is 0 Å². The molecular weight excluding hydrogens is 182 g/mol. The van der Waals surface area contributed by atoms with E-state index >= 15 is 0 Å². The lowest BCUT2D eigenvalue weighted by Gasteiger charge is -2.45. The molecular formula is C14H21N. The van der Waals surface area contributed by atoms with Crippen molar-refractivity contribution in [2.45, 2.75) is 52.2 Å². The summed E-state index contributed by atoms with van der Waals surface area (Å²) in [6, 6.07) is 9.46. The van der Waals surface area contributed by atoms with Gasteiger partial charge >= 0.3 is 0 Å². The summed E-state index contributed by atoms with van der Waals surface area (Å²) in [5.74, 6) is 0. The van der Waals surface area contributed by atoms with Gasteiger partial charge in [-0.25, -0.2) is 0 Å². The van der Waals surface area contributed by atoms with Crippen molar-refractivity contribution < 1.29 is 0 Å². The van der Waals surface area contributed by atoms with Crippen LogP contribution in [0, 0.1) is 0 Å². The van der Waals surface area contributed by atoms with Crippen molar-refractivity contribution >= 4 is 0 Å². The molecule has 0 saturated heterocycles. The molecule has 1 aromatic carbocycles. The average molecular weight is 203 g/mol. The molecule has 15 heavy (non-hydrogen) atoms. The molecule has 0 unspecified atom stereocenters. The first-order valence-corrected chi connectivity index (χ1v) is 5.84. The molecule has 0 aromatic heterocycles. The number of hydrogen-bond acceptors (Lipinski definition) is 1. The Morgan fingerprint density at radius 1 is 1.13 bits per heavy atom. The Kier molecular flexibility index (Phi) is 2.59. The second-order valence-corrected chi connectivity index (χ2v) is 5.48. The zero-order valence-electron chi connectivity index (χ0n) is 10.2. The third-order valence-corrected chi connectivity index (χ3v) is 3.48. The summed E-state index contributed by atoms with van der Waals surface area (Å²) in [6.07, 6.45) is 1.17. The number of nitrogens with zero attached hydrogens (tertiary/aromatic N) is 1. The molecule has 0 fully saturated rings. The third-order valence-electron chi connectivity index (χ3n) is 3.48. The van der Waals surface area contributed by atoms with Gasteiger partial charge in [0.2, 0.25) is 0 Å². The first-order valence-electron chi connectivity index (χ1n) is 5.84. The van der Waals surface area contributed by atoms with E-state index in [0.717, 1.165) is 6.54 Å². The molecule has 1 aliphatic heterocycles. The van der Waals surface area contributed by atoms with Crippen LogP contribution in [0.2, 0.25) is 0 Å². The van der Waals surface area contributed by atoms with Crippen molar-refractivity contribution in [2.24, 2.45) is 0 Å². The predicted octanol–water partition coefficient (Wildman–Crippen LogP) is 3.23. The van der Waals surface area contributed by atoms with Gasteiger partial charge in [-0.2, -0.15) is 0 Å². The normalized spacial score (nSPS) is 20.3. The fourth-order valence-corrected chi connectivity index (χ4v) is 2.73. The Balaban J connectivity index is 2.36. The lowest BCUT2D eigenvalue weighted by atomic mass is 9.84. The quantitative estimate of drug-likeness (QED) is 0.677. The molecule has 0 bridgehead atoms. The SMILES string of the molecule is CC(C)N1Cc2ccccc2CC1(C)C. The first kappa shape index (κ1) is 10.7. The molecule has 0 saturated carbocycles. The lowest BCUT2D eigenvalue weighted by molar-refractivity contribution is 0.0638. The fraction of sp³-hybridized carbons (Fsp3) is 0.571. The van der Waals surface area contributed by atoms with Crippen LogP contribution in [-0.4, -0.2) is 16.5 Å². The van der Waals surface area contributed by atoms with E-state index in [-0.39, 0.29) is 0 Å². The molecule has 0 N–H and O–H groups in total. The average Bonchev–Trinajstić information content (AvgIpc) is 2.14. The van der Waals surface area contributed by atoms with E-state index < -0.39 is 0 Å². The number of fused-ring (bicyclic) bond motifs is 1. The topological polar surface area (TPSA) is 3.24 Å². The predicted molar refractivity (Wildman–Crippen MR) is 64.9 cm³/mol. The highest BCUT2D eigenvalue weighted by Crippen LogP contribution is 2.31. The molecule has 1 heteroatoms. The van der Waals surface area contributed by atoms with Gasteiger partial charge in [0.1, 0.15) is 0 Å². The van der Waals surface area contributed by atoms with Crippen molar-refractivity contribution in [1.82, 2.24) is 4.90 Å². The minimum absolute atomic E-state index is 0.294. The first-order chi connectivity index (χ1) is 7.00. The summed E-state index contributed by atoms with van der Waals surface area (Å²) in [6.45, 7) is 10.4. The summed E-state index contributed by atoms with van der Waals surface area (Å²) < 4.78 is 0. The maximum atomic E-state index is 2.59. The Hall–Kier alpha value is -0.820. The second-order valence-electron chi connectivity index (χ2n) is 5.48. The van der Waals surface area contributed by atoms with Gasteiger partial charge in [-0.15, -0.1) is 0 Å². The maximum absolute atomic E-state index is 2.59. The van der Waals surface area contributed by atoms with Gasteiger partial charge in [0.15, 0.2) is 0 Å².